The fourth-order valence-corrected chi connectivity index (χ4v) is 2.97. The van der Waals surface area contributed by atoms with Gasteiger partial charge in [0.05, 0.1) is 25.9 Å². The summed E-state index contributed by atoms with van der Waals surface area (Å²) in [5.41, 5.74) is 0.768. The fourth-order valence-electron chi connectivity index (χ4n) is 2.97. The minimum atomic E-state index is -0.117. The highest BCUT2D eigenvalue weighted by molar-refractivity contribution is 5.17. The van der Waals surface area contributed by atoms with Crippen LogP contribution in [0.2, 0.25) is 0 Å². The molecule has 1 aromatic carbocycles. The van der Waals surface area contributed by atoms with Gasteiger partial charge in [0.25, 0.3) is 0 Å². The average Bonchev–Trinajstić information content (AvgIpc) is 2.51. The molecule has 0 saturated carbocycles. The van der Waals surface area contributed by atoms with Gasteiger partial charge in [-0.15, -0.1) is 0 Å². The summed E-state index contributed by atoms with van der Waals surface area (Å²) in [5, 5.41) is 0. The second-order valence-corrected chi connectivity index (χ2v) is 5.73. The Bertz CT molecular complexity index is 452. The normalized spacial score (nSPS) is 25.1. The Morgan fingerprint density at radius 3 is 2.62 bits per heavy atom. The van der Waals surface area contributed by atoms with Crippen LogP contribution in [0.3, 0.4) is 0 Å². The van der Waals surface area contributed by atoms with E-state index in [2.05, 4.69) is 9.80 Å². The van der Waals surface area contributed by atoms with E-state index in [-0.39, 0.29) is 11.9 Å². The Hall–Kier alpha value is -1.01. The third-order valence-electron chi connectivity index (χ3n) is 4.14. The molecule has 116 valence electrons. The SMILES string of the molecule is Fc1ccccc1CN1CCOC(CN2CCOCC2)C1. The predicted octanol–water partition coefficient (Wildman–Crippen LogP) is 1.36. The molecule has 0 aromatic heterocycles. The van der Waals surface area contributed by atoms with E-state index in [4.69, 9.17) is 9.47 Å². The summed E-state index contributed by atoms with van der Waals surface area (Å²) in [5.74, 6) is -0.117. The zero-order valence-electron chi connectivity index (χ0n) is 12.3. The summed E-state index contributed by atoms with van der Waals surface area (Å²) in [6.07, 6.45) is 0.212. The number of hydrogen-bond donors (Lipinski definition) is 0. The van der Waals surface area contributed by atoms with Gasteiger partial charge in [0.2, 0.25) is 0 Å². The summed E-state index contributed by atoms with van der Waals surface area (Å²) in [6, 6.07) is 7.02. The molecule has 1 aromatic rings. The molecule has 0 aliphatic carbocycles. The van der Waals surface area contributed by atoms with E-state index in [1.807, 2.05) is 12.1 Å². The Balaban J connectivity index is 1.52. The van der Waals surface area contributed by atoms with Crippen molar-refractivity contribution in [2.75, 3.05) is 52.5 Å². The molecule has 5 heteroatoms. The lowest BCUT2D eigenvalue weighted by Gasteiger charge is -2.36. The van der Waals surface area contributed by atoms with Crippen molar-refractivity contribution in [2.45, 2.75) is 12.6 Å². The molecular formula is C16H23FN2O2. The minimum Gasteiger partial charge on any atom is -0.379 e. The van der Waals surface area contributed by atoms with Crippen molar-refractivity contribution in [3.05, 3.63) is 35.6 Å². The summed E-state index contributed by atoms with van der Waals surface area (Å²) >= 11 is 0. The van der Waals surface area contributed by atoms with Crippen molar-refractivity contribution < 1.29 is 13.9 Å². The van der Waals surface area contributed by atoms with E-state index in [1.54, 1.807) is 6.07 Å². The van der Waals surface area contributed by atoms with Crippen LogP contribution in [0.25, 0.3) is 0 Å². The molecule has 0 spiro atoms. The zero-order valence-corrected chi connectivity index (χ0v) is 12.3. The number of benzene rings is 1. The van der Waals surface area contributed by atoms with E-state index < -0.39 is 0 Å². The van der Waals surface area contributed by atoms with Crippen LogP contribution in [0.5, 0.6) is 0 Å². The number of halogens is 1. The Kier molecular flexibility index (Phi) is 5.19. The van der Waals surface area contributed by atoms with Crippen molar-refractivity contribution in [2.24, 2.45) is 0 Å². The first-order valence-corrected chi connectivity index (χ1v) is 7.69. The lowest BCUT2D eigenvalue weighted by atomic mass is 10.1. The molecule has 0 N–H and O–H groups in total. The molecule has 2 aliphatic rings. The summed E-state index contributed by atoms with van der Waals surface area (Å²) < 4.78 is 25.0. The predicted molar refractivity (Wildman–Crippen MR) is 78.7 cm³/mol. The molecule has 0 amide bonds. The Morgan fingerprint density at radius 2 is 1.81 bits per heavy atom. The van der Waals surface area contributed by atoms with Crippen LogP contribution in [0.15, 0.2) is 24.3 Å². The van der Waals surface area contributed by atoms with Crippen molar-refractivity contribution >= 4 is 0 Å². The van der Waals surface area contributed by atoms with E-state index in [9.17, 15) is 4.39 Å². The van der Waals surface area contributed by atoms with Gasteiger partial charge < -0.3 is 9.47 Å². The van der Waals surface area contributed by atoms with Crippen molar-refractivity contribution in [3.63, 3.8) is 0 Å². The maximum Gasteiger partial charge on any atom is 0.127 e. The average molecular weight is 294 g/mol. The van der Waals surface area contributed by atoms with Gasteiger partial charge in [-0.2, -0.15) is 0 Å². The van der Waals surface area contributed by atoms with Crippen LogP contribution in [-0.4, -0.2) is 68.4 Å². The number of hydrogen-bond acceptors (Lipinski definition) is 4. The molecule has 2 aliphatic heterocycles. The third-order valence-corrected chi connectivity index (χ3v) is 4.14. The fraction of sp³-hybridized carbons (Fsp3) is 0.625. The molecule has 3 rings (SSSR count). The maximum atomic E-state index is 13.7. The van der Waals surface area contributed by atoms with Gasteiger partial charge in [0.1, 0.15) is 5.82 Å². The molecule has 2 saturated heterocycles. The lowest BCUT2D eigenvalue weighted by molar-refractivity contribution is -0.0591. The van der Waals surface area contributed by atoms with Crippen LogP contribution in [0.4, 0.5) is 4.39 Å². The molecule has 1 atom stereocenters. The Labute approximate surface area is 125 Å². The third kappa shape index (κ3) is 4.23. The van der Waals surface area contributed by atoms with Crippen molar-refractivity contribution in [1.82, 2.24) is 9.80 Å². The monoisotopic (exact) mass is 294 g/mol. The highest BCUT2D eigenvalue weighted by Crippen LogP contribution is 2.14. The second-order valence-electron chi connectivity index (χ2n) is 5.73. The number of morpholine rings is 2. The van der Waals surface area contributed by atoms with E-state index in [1.165, 1.54) is 6.07 Å². The maximum absolute atomic E-state index is 13.7. The van der Waals surface area contributed by atoms with Gasteiger partial charge >= 0.3 is 0 Å². The molecule has 2 heterocycles. The van der Waals surface area contributed by atoms with Crippen molar-refractivity contribution in [1.29, 1.82) is 0 Å². The van der Waals surface area contributed by atoms with Crippen molar-refractivity contribution in [3.8, 4) is 0 Å². The smallest absolute Gasteiger partial charge is 0.127 e. The van der Waals surface area contributed by atoms with Gasteiger partial charge in [-0.05, 0) is 6.07 Å². The highest BCUT2D eigenvalue weighted by Gasteiger charge is 2.24. The minimum absolute atomic E-state index is 0.117. The van der Waals surface area contributed by atoms with Gasteiger partial charge in [-0.3, -0.25) is 9.80 Å². The van der Waals surface area contributed by atoms with E-state index in [0.717, 1.165) is 58.1 Å². The summed E-state index contributed by atoms with van der Waals surface area (Å²) in [7, 11) is 0. The second kappa shape index (κ2) is 7.31. The standard InChI is InChI=1S/C16H23FN2O2/c17-16-4-2-1-3-14(16)11-19-7-10-21-15(13-19)12-18-5-8-20-9-6-18/h1-4,15H,5-13H2. The van der Waals surface area contributed by atoms with Gasteiger partial charge in [-0.1, -0.05) is 18.2 Å². The highest BCUT2D eigenvalue weighted by atomic mass is 19.1. The molecule has 2 fully saturated rings. The molecule has 4 nitrogen and oxygen atoms in total. The van der Waals surface area contributed by atoms with E-state index >= 15 is 0 Å². The molecule has 0 bridgehead atoms. The van der Waals surface area contributed by atoms with Crippen LogP contribution < -0.4 is 0 Å². The van der Waals surface area contributed by atoms with Gasteiger partial charge in [0, 0.05) is 44.8 Å². The van der Waals surface area contributed by atoms with Crippen LogP contribution in [-0.2, 0) is 16.0 Å². The summed E-state index contributed by atoms with van der Waals surface area (Å²) in [6.45, 7) is 7.65. The first kappa shape index (κ1) is 14.9. The van der Waals surface area contributed by atoms with Crippen LogP contribution >= 0.6 is 0 Å². The van der Waals surface area contributed by atoms with Gasteiger partial charge in [0.15, 0.2) is 0 Å². The van der Waals surface area contributed by atoms with Gasteiger partial charge in [-0.25, -0.2) is 4.39 Å². The van der Waals surface area contributed by atoms with Crippen LogP contribution in [0.1, 0.15) is 5.56 Å². The molecule has 21 heavy (non-hydrogen) atoms. The number of rotatable bonds is 4. The lowest BCUT2D eigenvalue weighted by Crippen LogP contribution is -2.49. The zero-order chi connectivity index (χ0) is 14.5. The van der Waals surface area contributed by atoms with Crippen LogP contribution in [0, 0.1) is 5.82 Å². The first-order valence-electron chi connectivity index (χ1n) is 7.69. The molecular weight excluding hydrogens is 271 g/mol. The largest absolute Gasteiger partial charge is 0.379 e. The topological polar surface area (TPSA) is 24.9 Å². The molecule has 0 radical (unpaired) electrons. The quantitative estimate of drug-likeness (QED) is 0.837. The Morgan fingerprint density at radius 1 is 1.05 bits per heavy atom. The summed E-state index contributed by atoms with van der Waals surface area (Å²) in [4.78, 5) is 4.67. The number of nitrogens with zero attached hydrogens (tertiary/aromatic N) is 2. The first-order chi connectivity index (χ1) is 10.3. The van der Waals surface area contributed by atoms with E-state index in [0.29, 0.717) is 6.54 Å². The number of ether oxygens (including phenoxy) is 2. The molecule has 1 unspecified atom stereocenters.